The van der Waals surface area contributed by atoms with Gasteiger partial charge in [0.15, 0.2) is 6.61 Å². The third-order valence-electron chi connectivity index (χ3n) is 3.01. The summed E-state index contributed by atoms with van der Waals surface area (Å²) in [5, 5.41) is 2.47. The number of hydrogen-bond acceptors (Lipinski definition) is 3. The maximum Gasteiger partial charge on any atom is 0.310 e. The zero-order valence-electron chi connectivity index (χ0n) is 12.1. The minimum absolute atomic E-state index is 0.104. The van der Waals surface area contributed by atoms with E-state index in [1.807, 2.05) is 18.2 Å². The molecule has 114 valence electrons. The largest absolute Gasteiger partial charge is 0.455 e. The number of carbonyl (C=O) groups is 2. The first kappa shape index (κ1) is 15.7. The lowest BCUT2D eigenvalue weighted by Crippen LogP contribution is -2.21. The summed E-state index contributed by atoms with van der Waals surface area (Å²) in [5.74, 6) is -1.40. The zero-order chi connectivity index (χ0) is 15.9. The number of aryl methyl sites for hydroxylation is 1. The number of rotatable bonds is 5. The van der Waals surface area contributed by atoms with Crippen molar-refractivity contribution in [2.75, 3.05) is 11.9 Å². The molecular formula is C17H16FNO3. The molecule has 22 heavy (non-hydrogen) atoms. The molecule has 1 N–H and O–H groups in total. The molecule has 2 aromatic rings. The molecule has 0 aromatic heterocycles. The van der Waals surface area contributed by atoms with Crippen molar-refractivity contribution < 1.29 is 18.7 Å². The number of halogens is 1. The summed E-state index contributed by atoms with van der Waals surface area (Å²) in [5.41, 5.74) is 1.63. The first-order chi connectivity index (χ1) is 10.5. The van der Waals surface area contributed by atoms with Crippen molar-refractivity contribution in [3.05, 3.63) is 65.5 Å². The Kier molecular flexibility index (Phi) is 5.25. The number of anilines is 1. The van der Waals surface area contributed by atoms with Gasteiger partial charge in [-0.05, 0) is 30.2 Å². The summed E-state index contributed by atoms with van der Waals surface area (Å²) >= 11 is 0. The molecule has 0 saturated carbocycles. The van der Waals surface area contributed by atoms with Crippen molar-refractivity contribution in [3.8, 4) is 0 Å². The van der Waals surface area contributed by atoms with Crippen LogP contribution >= 0.6 is 0 Å². The first-order valence-corrected chi connectivity index (χ1v) is 6.80. The molecule has 0 fully saturated rings. The van der Waals surface area contributed by atoms with Crippen molar-refractivity contribution in [1.29, 1.82) is 0 Å². The summed E-state index contributed by atoms with van der Waals surface area (Å²) in [6.45, 7) is 1.23. The Labute approximate surface area is 127 Å². The Morgan fingerprint density at radius 3 is 2.55 bits per heavy atom. The van der Waals surface area contributed by atoms with E-state index >= 15 is 0 Å². The molecule has 2 aromatic carbocycles. The van der Waals surface area contributed by atoms with Gasteiger partial charge in [0.1, 0.15) is 5.82 Å². The fraction of sp³-hybridized carbons (Fsp3) is 0.176. The van der Waals surface area contributed by atoms with Gasteiger partial charge in [0.2, 0.25) is 0 Å². The lowest BCUT2D eigenvalue weighted by molar-refractivity contribution is -0.146. The van der Waals surface area contributed by atoms with E-state index in [0.717, 1.165) is 5.56 Å². The number of hydrogen-bond donors (Lipinski definition) is 1. The minimum Gasteiger partial charge on any atom is -0.455 e. The maximum atomic E-state index is 13.3. The van der Waals surface area contributed by atoms with Crippen LogP contribution < -0.4 is 5.32 Å². The highest BCUT2D eigenvalue weighted by atomic mass is 19.1. The van der Waals surface area contributed by atoms with Gasteiger partial charge in [0.05, 0.1) is 6.42 Å². The zero-order valence-corrected chi connectivity index (χ0v) is 12.1. The second kappa shape index (κ2) is 7.36. The lowest BCUT2D eigenvalue weighted by atomic mass is 10.2. The Balaban J connectivity index is 1.80. The molecule has 0 aliphatic heterocycles. The lowest BCUT2D eigenvalue weighted by Gasteiger charge is -2.07. The van der Waals surface area contributed by atoms with Crippen molar-refractivity contribution >= 4 is 17.6 Å². The Morgan fingerprint density at radius 2 is 1.86 bits per heavy atom. The van der Waals surface area contributed by atoms with E-state index in [2.05, 4.69) is 5.32 Å². The van der Waals surface area contributed by atoms with Gasteiger partial charge in [-0.3, -0.25) is 9.59 Å². The van der Waals surface area contributed by atoms with Crippen molar-refractivity contribution in [2.24, 2.45) is 0 Å². The van der Waals surface area contributed by atoms with Crippen LogP contribution in [0.2, 0.25) is 0 Å². The van der Waals surface area contributed by atoms with Gasteiger partial charge < -0.3 is 10.1 Å². The second-order valence-electron chi connectivity index (χ2n) is 4.84. The predicted molar refractivity (Wildman–Crippen MR) is 80.9 cm³/mol. The number of amides is 1. The molecule has 0 aliphatic carbocycles. The fourth-order valence-corrected chi connectivity index (χ4v) is 1.83. The van der Waals surface area contributed by atoms with E-state index in [1.54, 1.807) is 31.2 Å². The van der Waals surface area contributed by atoms with E-state index in [0.29, 0.717) is 11.3 Å². The SMILES string of the molecule is Cc1ccc(NC(=O)COC(=O)Cc2ccccc2)cc1F. The quantitative estimate of drug-likeness (QED) is 0.864. The summed E-state index contributed by atoms with van der Waals surface area (Å²) in [7, 11) is 0. The van der Waals surface area contributed by atoms with Crippen LogP contribution in [0.1, 0.15) is 11.1 Å². The standard InChI is InChI=1S/C17H16FNO3/c1-12-7-8-14(10-15(12)18)19-16(20)11-22-17(21)9-13-5-3-2-4-6-13/h2-8,10H,9,11H2,1H3,(H,19,20). The van der Waals surface area contributed by atoms with Gasteiger partial charge >= 0.3 is 5.97 Å². The third kappa shape index (κ3) is 4.70. The molecule has 0 heterocycles. The summed E-state index contributed by atoms with van der Waals surface area (Å²) < 4.78 is 18.2. The summed E-state index contributed by atoms with van der Waals surface area (Å²) in [6.07, 6.45) is 0.104. The van der Waals surface area contributed by atoms with Crippen LogP contribution in [-0.2, 0) is 20.7 Å². The number of ether oxygens (including phenoxy) is 1. The van der Waals surface area contributed by atoms with Crippen LogP contribution in [0.3, 0.4) is 0 Å². The Hall–Kier alpha value is -2.69. The average molecular weight is 301 g/mol. The van der Waals surface area contributed by atoms with Gasteiger partial charge in [-0.15, -0.1) is 0 Å². The smallest absolute Gasteiger partial charge is 0.310 e. The highest BCUT2D eigenvalue weighted by molar-refractivity contribution is 5.92. The molecule has 0 aliphatic rings. The van der Waals surface area contributed by atoms with Crippen molar-refractivity contribution in [3.63, 3.8) is 0 Å². The predicted octanol–water partition coefficient (Wildman–Crippen LogP) is 2.86. The van der Waals surface area contributed by atoms with E-state index < -0.39 is 24.3 Å². The highest BCUT2D eigenvalue weighted by Gasteiger charge is 2.09. The van der Waals surface area contributed by atoms with Crippen LogP contribution in [0, 0.1) is 12.7 Å². The molecule has 0 spiro atoms. The number of nitrogens with one attached hydrogen (secondary N) is 1. The molecular weight excluding hydrogens is 285 g/mol. The number of benzene rings is 2. The van der Waals surface area contributed by atoms with E-state index in [9.17, 15) is 14.0 Å². The summed E-state index contributed by atoms with van der Waals surface area (Å²) in [4.78, 5) is 23.3. The van der Waals surface area contributed by atoms with Crippen molar-refractivity contribution in [2.45, 2.75) is 13.3 Å². The molecule has 2 rings (SSSR count). The monoisotopic (exact) mass is 301 g/mol. The average Bonchev–Trinajstić information content (AvgIpc) is 2.50. The van der Waals surface area contributed by atoms with Gasteiger partial charge in [-0.2, -0.15) is 0 Å². The van der Waals surface area contributed by atoms with Crippen LogP contribution in [0.5, 0.6) is 0 Å². The normalized spacial score (nSPS) is 10.1. The molecule has 0 saturated heterocycles. The van der Waals surface area contributed by atoms with Crippen LogP contribution in [0.25, 0.3) is 0 Å². The number of carbonyl (C=O) groups excluding carboxylic acids is 2. The van der Waals surface area contributed by atoms with Crippen LogP contribution in [-0.4, -0.2) is 18.5 Å². The molecule has 0 atom stereocenters. The van der Waals surface area contributed by atoms with Crippen LogP contribution in [0.4, 0.5) is 10.1 Å². The fourth-order valence-electron chi connectivity index (χ4n) is 1.83. The second-order valence-corrected chi connectivity index (χ2v) is 4.84. The molecule has 5 heteroatoms. The first-order valence-electron chi connectivity index (χ1n) is 6.80. The Bertz CT molecular complexity index is 671. The van der Waals surface area contributed by atoms with Gasteiger partial charge in [0.25, 0.3) is 5.91 Å². The molecule has 0 unspecified atom stereocenters. The van der Waals surface area contributed by atoms with Crippen LogP contribution in [0.15, 0.2) is 48.5 Å². The van der Waals surface area contributed by atoms with Gasteiger partial charge in [-0.25, -0.2) is 4.39 Å². The molecule has 0 radical (unpaired) electrons. The topological polar surface area (TPSA) is 55.4 Å². The highest BCUT2D eigenvalue weighted by Crippen LogP contribution is 2.13. The van der Waals surface area contributed by atoms with Crippen molar-refractivity contribution in [1.82, 2.24) is 0 Å². The van der Waals surface area contributed by atoms with Gasteiger partial charge in [0, 0.05) is 5.69 Å². The molecule has 4 nitrogen and oxygen atoms in total. The van der Waals surface area contributed by atoms with E-state index in [4.69, 9.17) is 4.74 Å². The van der Waals surface area contributed by atoms with E-state index in [-0.39, 0.29) is 6.42 Å². The van der Waals surface area contributed by atoms with E-state index in [1.165, 1.54) is 6.07 Å². The number of esters is 1. The molecule has 0 bridgehead atoms. The van der Waals surface area contributed by atoms with Gasteiger partial charge in [-0.1, -0.05) is 36.4 Å². The third-order valence-corrected chi connectivity index (χ3v) is 3.01. The Morgan fingerprint density at radius 1 is 1.14 bits per heavy atom. The summed E-state index contributed by atoms with van der Waals surface area (Å²) in [6, 6.07) is 13.5. The molecule has 1 amide bonds. The maximum absolute atomic E-state index is 13.3. The minimum atomic E-state index is -0.510.